The second-order valence-corrected chi connectivity index (χ2v) is 10.4. The summed E-state index contributed by atoms with van der Waals surface area (Å²) in [5.74, 6) is -4.23. The monoisotopic (exact) mass is 641 g/mol. The van der Waals surface area contributed by atoms with Gasteiger partial charge in [-0.15, -0.1) is 0 Å². The highest BCUT2D eigenvalue weighted by Crippen LogP contribution is 2.35. The average molecular weight is 641 g/mol. The first-order valence-corrected chi connectivity index (χ1v) is 12.7. The van der Waals surface area contributed by atoms with E-state index in [4.69, 9.17) is 10.5 Å². The summed E-state index contributed by atoms with van der Waals surface area (Å²) in [7, 11) is -4.34. The van der Waals surface area contributed by atoms with Crippen molar-refractivity contribution in [3.63, 3.8) is 0 Å². The van der Waals surface area contributed by atoms with Crippen molar-refractivity contribution in [2.45, 2.75) is 12.6 Å². The molecule has 0 heterocycles. The zero-order chi connectivity index (χ0) is 26.7. The molecule has 0 spiro atoms. The van der Waals surface area contributed by atoms with Crippen LogP contribution >= 0.6 is 22.6 Å². The number of nitrogens with one attached hydrogen (secondary N) is 2. The van der Waals surface area contributed by atoms with Crippen molar-refractivity contribution >= 4 is 55.6 Å². The van der Waals surface area contributed by atoms with Gasteiger partial charge in [-0.3, -0.25) is 9.52 Å². The van der Waals surface area contributed by atoms with Gasteiger partial charge >= 0.3 is 6.18 Å². The Morgan fingerprint density at radius 2 is 1.75 bits per heavy atom. The lowest BCUT2D eigenvalue weighted by Gasteiger charge is -2.16. The van der Waals surface area contributed by atoms with Gasteiger partial charge in [0.05, 0.1) is 29.2 Å². The molecule has 0 atom stereocenters. The lowest BCUT2D eigenvalue weighted by molar-refractivity contribution is -0.129. The molecule has 0 aliphatic rings. The summed E-state index contributed by atoms with van der Waals surface area (Å²) in [5, 5.41) is 2.60. The van der Waals surface area contributed by atoms with Crippen molar-refractivity contribution in [3.8, 4) is 11.5 Å². The van der Waals surface area contributed by atoms with Crippen molar-refractivity contribution in [2.24, 2.45) is 5.73 Å². The van der Waals surface area contributed by atoms with E-state index in [9.17, 15) is 35.2 Å². The predicted molar refractivity (Wildman–Crippen MR) is 132 cm³/mol. The molecular formula is C22H17F5IN3O4S. The number of alkyl halides is 3. The summed E-state index contributed by atoms with van der Waals surface area (Å²) in [5.41, 5.74) is 4.74. The minimum absolute atomic E-state index is 0.0651. The fourth-order valence-corrected chi connectivity index (χ4v) is 4.52. The molecule has 0 aromatic heterocycles. The molecule has 7 nitrogen and oxygen atoms in total. The first kappa shape index (κ1) is 27.4. The number of hydrogen-bond acceptors (Lipinski definition) is 5. The van der Waals surface area contributed by atoms with Gasteiger partial charge < -0.3 is 15.8 Å². The van der Waals surface area contributed by atoms with Crippen LogP contribution in [-0.4, -0.2) is 26.3 Å². The largest absolute Gasteiger partial charge is 0.456 e. The van der Waals surface area contributed by atoms with Gasteiger partial charge in [0.25, 0.3) is 5.91 Å². The number of primary amides is 1. The topological polar surface area (TPSA) is 111 Å². The maximum atomic E-state index is 14.4. The smallest absolute Gasteiger partial charge is 0.390 e. The number of rotatable bonds is 9. The van der Waals surface area contributed by atoms with Crippen LogP contribution in [0.5, 0.6) is 11.5 Å². The molecule has 0 bridgehead atoms. The van der Waals surface area contributed by atoms with E-state index in [1.54, 1.807) is 6.07 Å². The van der Waals surface area contributed by atoms with Gasteiger partial charge in [0, 0.05) is 15.7 Å². The zero-order valence-corrected chi connectivity index (χ0v) is 21.0. The number of nitrogens with two attached hydrogens (primary N) is 1. The lowest BCUT2D eigenvalue weighted by atomic mass is 10.1. The second-order valence-electron chi connectivity index (χ2n) is 7.36. The van der Waals surface area contributed by atoms with Gasteiger partial charge in [-0.05, 0) is 59.0 Å². The SMILES string of the molecule is NC(=O)c1c(Nc2ccc(I)cc2F)cc(F)cc1Oc1cccc(NS(=O)(=O)CCC(F)(F)F)c1. The molecule has 0 unspecified atom stereocenters. The van der Waals surface area contributed by atoms with E-state index in [-0.39, 0.29) is 34.1 Å². The van der Waals surface area contributed by atoms with E-state index in [1.165, 1.54) is 30.3 Å². The summed E-state index contributed by atoms with van der Waals surface area (Å²) in [6.45, 7) is 0. The van der Waals surface area contributed by atoms with Crippen LogP contribution in [0, 0.1) is 15.2 Å². The highest BCUT2D eigenvalue weighted by atomic mass is 127. The van der Waals surface area contributed by atoms with Crippen LogP contribution in [-0.2, 0) is 10.0 Å². The molecule has 0 saturated carbocycles. The van der Waals surface area contributed by atoms with Gasteiger partial charge in [0.15, 0.2) is 0 Å². The van der Waals surface area contributed by atoms with Crippen LogP contribution in [0.15, 0.2) is 54.6 Å². The molecule has 192 valence electrons. The van der Waals surface area contributed by atoms with Gasteiger partial charge in [0.2, 0.25) is 10.0 Å². The Labute approximate surface area is 216 Å². The van der Waals surface area contributed by atoms with E-state index in [0.717, 1.165) is 18.2 Å². The number of halogens is 6. The van der Waals surface area contributed by atoms with Gasteiger partial charge in [-0.1, -0.05) is 6.07 Å². The fraction of sp³-hybridized carbons (Fsp3) is 0.136. The van der Waals surface area contributed by atoms with Crippen molar-refractivity contribution in [2.75, 3.05) is 15.8 Å². The second kappa shape index (κ2) is 10.9. The number of hydrogen-bond donors (Lipinski definition) is 3. The molecule has 0 fully saturated rings. The molecule has 0 aliphatic carbocycles. The highest BCUT2D eigenvalue weighted by molar-refractivity contribution is 14.1. The highest BCUT2D eigenvalue weighted by Gasteiger charge is 2.30. The zero-order valence-electron chi connectivity index (χ0n) is 18.0. The number of amides is 1. The minimum Gasteiger partial charge on any atom is -0.456 e. The Morgan fingerprint density at radius 1 is 1.03 bits per heavy atom. The van der Waals surface area contributed by atoms with E-state index in [0.29, 0.717) is 3.57 Å². The quantitative estimate of drug-likeness (QED) is 0.199. The maximum Gasteiger partial charge on any atom is 0.390 e. The van der Waals surface area contributed by atoms with E-state index < -0.39 is 45.9 Å². The Kier molecular flexibility index (Phi) is 8.28. The summed E-state index contributed by atoms with van der Waals surface area (Å²) in [6, 6.07) is 10.9. The van der Waals surface area contributed by atoms with Gasteiger partial charge in [0.1, 0.15) is 28.7 Å². The van der Waals surface area contributed by atoms with E-state index in [1.807, 2.05) is 27.3 Å². The number of sulfonamides is 1. The Hall–Kier alpha value is -3.14. The number of anilines is 3. The molecule has 3 aromatic carbocycles. The molecule has 14 heteroatoms. The van der Waals surface area contributed by atoms with Crippen molar-refractivity contribution in [1.29, 1.82) is 0 Å². The number of benzene rings is 3. The molecule has 36 heavy (non-hydrogen) atoms. The summed E-state index contributed by atoms with van der Waals surface area (Å²) in [4.78, 5) is 12.2. The van der Waals surface area contributed by atoms with Crippen LogP contribution in [0.3, 0.4) is 0 Å². The standard InChI is InChI=1S/C22H17F5IN3O4S/c23-12-8-18(30-17-5-4-13(28)10-16(17)24)20(21(29)32)19(9-12)35-15-3-1-2-14(11-15)31-36(33,34)7-6-22(25,26)27/h1-5,8-11,30-31H,6-7H2,(H2,29,32). The number of carbonyl (C=O) groups excluding carboxylic acids is 1. The fourth-order valence-electron chi connectivity index (χ4n) is 2.98. The summed E-state index contributed by atoms with van der Waals surface area (Å²) in [6.07, 6.45) is -6.20. The van der Waals surface area contributed by atoms with Crippen LogP contribution < -0.4 is 20.5 Å². The maximum absolute atomic E-state index is 14.4. The van der Waals surface area contributed by atoms with Crippen molar-refractivity contribution < 1.29 is 39.9 Å². The number of ether oxygens (including phenoxy) is 1. The lowest BCUT2D eigenvalue weighted by Crippen LogP contribution is -2.21. The minimum atomic E-state index is -4.66. The van der Waals surface area contributed by atoms with E-state index >= 15 is 0 Å². The van der Waals surface area contributed by atoms with Crippen LogP contribution in [0.4, 0.5) is 39.0 Å². The Balaban J connectivity index is 1.90. The number of carbonyl (C=O) groups is 1. The summed E-state index contributed by atoms with van der Waals surface area (Å²) >= 11 is 1.90. The predicted octanol–water partition coefficient (Wildman–Crippen LogP) is 5.90. The summed E-state index contributed by atoms with van der Waals surface area (Å²) < 4.78 is 97.9. The normalized spacial score (nSPS) is 11.7. The molecular weight excluding hydrogens is 624 g/mol. The Bertz CT molecular complexity index is 1400. The molecule has 0 saturated heterocycles. The van der Waals surface area contributed by atoms with Crippen LogP contribution in [0.1, 0.15) is 16.8 Å². The van der Waals surface area contributed by atoms with Crippen molar-refractivity contribution in [1.82, 2.24) is 0 Å². The molecule has 3 rings (SSSR count). The molecule has 1 amide bonds. The molecule has 0 aliphatic heterocycles. The molecule has 0 radical (unpaired) electrons. The third-order valence-corrected chi connectivity index (χ3v) is 6.46. The van der Waals surface area contributed by atoms with Crippen LogP contribution in [0.2, 0.25) is 0 Å². The third kappa shape index (κ3) is 7.68. The average Bonchev–Trinajstić information content (AvgIpc) is 2.73. The van der Waals surface area contributed by atoms with Gasteiger partial charge in [-0.2, -0.15) is 13.2 Å². The third-order valence-electron chi connectivity index (χ3n) is 4.50. The van der Waals surface area contributed by atoms with Gasteiger partial charge in [-0.25, -0.2) is 17.2 Å². The first-order valence-electron chi connectivity index (χ1n) is 9.93. The molecule has 4 N–H and O–H groups in total. The van der Waals surface area contributed by atoms with E-state index in [2.05, 4.69) is 5.32 Å². The van der Waals surface area contributed by atoms with Crippen molar-refractivity contribution in [3.05, 3.63) is 75.4 Å². The molecule has 3 aromatic rings. The Morgan fingerprint density at radius 3 is 2.39 bits per heavy atom. The first-order chi connectivity index (χ1) is 16.7. The van der Waals surface area contributed by atoms with Crippen LogP contribution in [0.25, 0.3) is 0 Å².